The predicted molar refractivity (Wildman–Crippen MR) is 70.5 cm³/mol. The number of hydrazine groups is 1. The van der Waals surface area contributed by atoms with Crippen LogP contribution in [-0.4, -0.2) is 24.0 Å². The van der Waals surface area contributed by atoms with Crippen molar-refractivity contribution in [2.75, 3.05) is 13.1 Å². The lowest BCUT2D eigenvalue weighted by Crippen LogP contribution is -2.42. The smallest absolute Gasteiger partial charge is 0.205 e. The summed E-state index contributed by atoms with van der Waals surface area (Å²) in [5.41, 5.74) is 3.77. The predicted octanol–water partition coefficient (Wildman–Crippen LogP) is 0.833. The monoisotopic (exact) mass is 235 g/mol. The van der Waals surface area contributed by atoms with Crippen LogP contribution in [0.25, 0.3) is 0 Å². The van der Waals surface area contributed by atoms with Gasteiger partial charge in [0.15, 0.2) is 0 Å². The van der Waals surface area contributed by atoms with Gasteiger partial charge in [0.2, 0.25) is 5.96 Å². The molecule has 0 aliphatic rings. The number of hydrogen-bond acceptors (Lipinski definition) is 3. The Morgan fingerprint density at radius 2 is 2.41 bits per heavy atom. The molecule has 0 radical (unpaired) electrons. The highest BCUT2D eigenvalue weighted by molar-refractivity contribution is 5.79. The first-order valence-corrected chi connectivity index (χ1v) is 6.00. The number of nitrogens with zero attached hydrogens (tertiary/aromatic N) is 2. The highest BCUT2D eigenvalue weighted by atomic mass is 15.3. The Bertz CT molecular complexity index is 323. The molecule has 1 aromatic heterocycles. The number of nitrogens with one attached hydrogen (secondary N) is 2. The second-order valence-electron chi connectivity index (χ2n) is 3.77. The Hall–Kier alpha value is -1.62. The maximum Gasteiger partial charge on any atom is 0.205 e. The van der Waals surface area contributed by atoms with Gasteiger partial charge in [0.1, 0.15) is 0 Å². The summed E-state index contributed by atoms with van der Waals surface area (Å²) in [6, 6.07) is 3.99. The van der Waals surface area contributed by atoms with E-state index in [0.717, 1.165) is 32.4 Å². The Balaban J connectivity index is 2.26. The van der Waals surface area contributed by atoms with Crippen LogP contribution < -0.4 is 16.6 Å². The summed E-state index contributed by atoms with van der Waals surface area (Å²) >= 11 is 0. The zero-order chi connectivity index (χ0) is 12.3. The zero-order valence-electron chi connectivity index (χ0n) is 10.3. The fourth-order valence-corrected chi connectivity index (χ4v) is 1.37. The Morgan fingerprint density at radius 1 is 1.53 bits per heavy atom. The number of hydrogen-bond donors (Lipinski definition) is 3. The van der Waals surface area contributed by atoms with Crippen molar-refractivity contribution in [3.8, 4) is 0 Å². The van der Waals surface area contributed by atoms with Crippen LogP contribution in [0.5, 0.6) is 0 Å². The molecule has 1 heterocycles. The van der Waals surface area contributed by atoms with E-state index in [9.17, 15) is 0 Å². The van der Waals surface area contributed by atoms with Crippen molar-refractivity contribution in [2.45, 2.75) is 26.2 Å². The van der Waals surface area contributed by atoms with Gasteiger partial charge >= 0.3 is 0 Å². The maximum absolute atomic E-state index is 5.38. The molecule has 0 saturated carbocycles. The molecule has 5 heteroatoms. The van der Waals surface area contributed by atoms with E-state index in [2.05, 4.69) is 33.7 Å². The van der Waals surface area contributed by atoms with Crippen LogP contribution >= 0.6 is 0 Å². The Labute approximate surface area is 103 Å². The number of aliphatic imine (C=N–C) groups is 1. The molecule has 0 aliphatic heterocycles. The van der Waals surface area contributed by atoms with Crippen LogP contribution in [0, 0.1) is 0 Å². The molecule has 0 bridgehead atoms. The third-order valence-corrected chi connectivity index (χ3v) is 2.35. The average molecular weight is 235 g/mol. The number of pyridine rings is 1. The number of nitrogens with two attached hydrogens (primary N) is 1. The first kappa shape index (κ1) is 13.4. The molecule has 0 unspecified atom stereocenters. The van der Waals surface area contributed by atoms with E-state index in [1.165, 1.54) is 5.56 Å². The molecule has 0 fully saturated rings. The summed E-state index contributed by atoms with van der Waals surface area (Å²) in [4.78, 5) is 8.38. The molecule has 94 valence electrons. The van der Waals surface area contributed by atoms with Gasteiger partial charge in [-0.15, -0.1) is 0 Å². The molecule has 1 aromatic rings. The molecule has 0 saturated heterocycles. The molecular weight excluding hydrogens is 214 g/mol. The van der Waals surface area contributed by atoms with Crippen LogP contribution in [0.3, 0.4) is 0 Å². The molecule has 0 aromatic carbocycles. The fraction of sp³-hybridized carbons (Fsp3) is 0.500. The molecule has 1 rings (SSSR count). The summed E-state index contributed by atoms with van der Waals surface area (Å²) in [6.07, 6.45) is 6.76. The summed E-state index contributed by atoms with van der Waals surface area (Å²) < 4.78 is 0. The van der Waals surface area contributed by atoms with Gasteiger partial charge in [0.05, 0.1) is 0 Å². The van der Waals surface area contributed by atoms with E-state index < -0.39 is 0 Å². The maximum atomic E-state index is 5.38. The average Bonchev–Trinajstić information content (AvgIpc) is 2.38. The van der Waals surface area contributed by atoms with Crippen LogP contribution in [0.1, 0.15) is 25.3 Å². The Morgan fingerprint density at radius 3 is 3.06 bits per heavy atom. The summed E-state index contributed by atoms with van der Waals surface area (Å²) in [6.45, 7) is 3.73. The number of guanidine groups is 1. The highest BCUT2D eigenvalue weighted by Crippen LogP contribution is 1.95. The van der Waals surface area contributed by atoms with Crippen molar-refractivity contribution < 1.29 is 0 Å². The van der Waals surface area contributed by atoms with Gasteiger partial charge in [-0.1, -0.05) is 19.4 Å². The van der Waals surface area contributed by atoms with Crippen LogP contribution in [0.15, 0.2) is 29.5 Å². The van der Waals surface area contributed by atoms with Gasteiger partial charge in [-0.3, -0.25) is 15.4 Å². The van der Waals surface area contributed by atoms with Crippen LogP contribution in [0.2, 0.25) is 0 Å². The first-order valence-electron chi connectivity index (χ1n) is 6.00. The van der Waals surface area contributed by atoms with Gasteiger partial charge in [0.25, 0.3) is 0 Å². The fourth-order valence-electron chi connectivity index (χ4n) is 1.37. The second-order valence-corrected chi connectivity index (χ2v) is 3.77. The topological polar surface area (TPSA) is 75.3 Å². The molecule has 17 heavy (non-hydrogen) atoms. The van der Waals surface area contributed by atoms with Gasteiger partial charge < -0.3 is 5.32 Å². The summed E-state index contributed by atoms with van der Waals surface area (Å²) in [5, 5.41) is 3.16. The van der Waals surface area contributed by atoms with E-state index in [4.69, 9.17) is 5.84 Å². The van der Waals surface area contributed by atoms with Crippen molar-refractivity contribution in [3.63, 3.8) is 0 Å². The van der Waals surface area contributed by atoms with Crippen LogP contribution in [0.4, 0.5) is 0 Å². The number of unbranched alkanes of at least 4 members (excludes halogenated alkanes) is 1. The van der Waals surface area contributed by atoms with Gasteiger partial charge in [-0.2, -0.15) is 0 Å². The molecule has 0 atom stereocenters. The molecule has 5 nitrogen and oxygen atoms in total. The Kier molecular flexibility index (Phi) is 6.74. The SMILES string of the molecule is CCCCN=C(NN)NCCc1cccnc1. The van der Waals surface area contributed by atoms with Gasteiger partial charge in [-0.25, -0.2) is 5.84 Å². The van der Waals surface area contributed by atoms with E-state index in [0.29, 0.717) is 5.96 Å². The summed E-state index contributed by atoms with van der Waals surface area (Å²) in [5.74, 6) is 6.03. The van der Waals surface area contributed by atoms with Crippen molar-refractivity contribution in [1.29, 1.82) is 0 Å². The first-order chi connectivity index (χ1) is 8.36. The van der Waals surface area contributed by atoms with Crippen LogP contribution in [-0.2, 0) is 6.42 Å². The minimum atomic E-state index is 0.655. The van der Waals surface area contributed by atoms with Crippen molar-refractivity contribution >= 4 is 5.96 Å². The number of aromatic nitrogens is 1. The van der Waals surface area contributed by atoms with Crippen molar-refractivity contribution in [3.05, 3.63) is 30.1 Å². The lowest BCUT2D eigenvalue weighted by Gasteiger charge is -2.08. The van der Waals surface area contributed by atoms with Gasteiger partial charge in [0, 0.05) is 25.5 Å². The normalized spacial score (nSPS) is 11.3. The third-order valence-electron chi connectivity index (χ3n) is 2.35. The summed E-state index contributed by atoms with van der Waals surface area (Å²) in [7, 11) is 0. The third kappa shape index (κ3) is 5.87. The van der Waals surface area contributed by atoms with E-state index >= 15 is 0 Å². The van der Waals surface area contributed by atoms with Crippen molar-refractivity contribution in [1.82, 2.24) is 15.7 Å². The number of rotatable bonds is 6. The van der Waals surface area contributed by atoms with E-state index in [1.807, 2.05) is 12.3 Å². The molecule has 0 amide bonds. The molecule has 0 spiro atoms. The quantitative estimate of drug-likeness (QED) is 0.224. The molecule has 4 N–H and O–H groups in total. The lowest BCUT2D eigenvalue weighted by molar-refractivity contribution is 0.770. The highest BCUT2D eigenvalue weighted by Gasteiger charge is 1.96. The van der Waals surface area contributed by atoms with E-state index in [-0.39, 0.29) is 0 Å². The molecular formula is C12H21N5. The minimum absolute atomic E-state index is 0.655. The van der Waals surface area contributed by atoms with E-state index in [1.54, 1.807) is 6.20 Å². The minimum Gasteiger partial charge on any atom is -0.355 e. The largest absolute Gasteiger partial charge is 0.355 e. The van der Waals surface area contributed by atoms with Crippen molar-refractivity contribution in [2.24, 2.45) is 10.8 Å². The molecule has 0 aliphatic carbocycles. The second kappa shape index (κ2) is 8.52. The van der Waals surface area contributed by atoms with Gasteiger partial charge in [-0.05, 0) is 24.5 Å². The standard InChI is InChI=1S/C12H21N5/c1-2-3-8-15-12(17-13)16-9-6-11-5-4-7-14-10-11/h4-5,7,10H,2-3,6,8-9,13H2,1H3,(H2,15,16,17). The lowest BCUT2D eigenvalue weighted by atomic mass is 10.2. The zero-order valence-corrected chi connectivity index (χ0v) is 10.3.